The second-order valence-electron chi connectivity index (χ2n) is 10.7. The highest BCUT2D eigenvalue weighted by Crippen LogP contribution is 2.36. The average Bonchev–Trinajstić information content (AvgIpc) is 2.98. The molecule has 2 heterocycles. The minimum absolute atomic E-state index is 0.0353. The SMILES string of the molecule is CCOC(=O)CN1CCN(C(=O)C=CCNc2cc3c(N[C@H](C)c4ccccc4)ncnc3cc2OC2CCC2)CC1. The zero-order valence-corrected chi connectivity index (χ0v) is 24.4. The van der Waals surface area contributed by atoms with Crippen molar-refractivity contribution in [2.24, 2.45) is 0 Å². The molecule has 0 bridgehead atoms. The van der Waals surface area contributed by atoms with Crippen LogP contribution in [-0.4, -0.2) is 83.6 Å². The van der Waals surface area contributed by atoms with E-state index >= 15 is 0 Å². The van der Waals surface area contributed by atoms with E-state index in [1.54, 1.807) is 19.3 Å². The van der Waals surface area contributed by atoms with Crippen LogP contribution in [0.25, 0.3) is 10.9 Å². The van der Waals surface area contributed by atoms with Crippen LogP contribution in [0.1, 0.15) is 44.7 Å². The number of ether oxygens (including phenoxy) is 2. The highest BCUT2D eigenvalue weighted by Gasteiger charge is 2.23. The summed E-state index contributed by atoms with van der Waals surface area (Å²) in [6.07, 6.45) is 8.50. The first-order valence-electron chi connectivity index (χ1n) is 14.8. The first-order valence-corrected chi connectivity index (χ1v) is 14.8. The molecule has 1 saturated heterocycles. The van der Waals surface area contributed by atoms with Gasteiger partial charge in [0.2, 0.25) is 5.91 Å². The Balaban J connectivity index is 1.24. The molecule has 222 valence electrons. The molecule has 1 saturated carbocycles. The summed E-state index contributed by atoms with van der Waals surface area (Å²) in [6.45, 7) is 7.47. The van der Waals surface area contributed by atoms with Gasteiger partial charge in [0.25, 0.3) is 0 Å². The average molecular weight is 573 g/mol. The molecule has 10 nitrogen and oxygen atoms in total. The minimum atomic E-state index is -0.224. The summed E-state index contributed by atoms with van der Waals surface area (Å²) < 4.78 is 11.4. The third-order valence-corrected chi connectivity index (χ3v) is 7.75. The Hall–Kier alpha value is -4.18. The third-order valence-electron chi connectivity index (χ3n) is 7.75. The van der Waals surface area contributed by atoms with Crippen LogP contribution in [0.15, 0.2) is 60.9 Å². The van der Waals surface area contributed by atoms with Gasteiger partial charge in [-0.1, -0.05) is 36.4 Å². The highest BCUT2D eigenvalue weighted by atomic mass is 16.5. The van der Waals surface area contributed by atoms with Gasteiger partial charge in [-0.3, -0.25) is 14.5 Å². The molecule has 2 aromatic carbocycles. The van der Waals surface area contributed by atoms with Crippen molar-refractivity contribution in [3.8, 4) is 5.75 Å². The van der Waals surface area contributed by atoms with Gasteiger partial charge in [0.05, 0.1) is 30.5 Å². The number of nitrogens with one attached hydrogen (secondary N) is 2. The van der Waals surface area contributed by atoms with E-state index in [-0.39, 0.29) is 30.6 Å². The lowest BCUT2D eigenvalue weighted by molar-refractivity contribution is -0.145. The summed E-state index contributed by atoms with van der Waals surface area (Å²) in [5, 5.41) is 7.87. The topological polar surface area (TPSA) is 109 Å². The Kier molecular flexibility index (Phi) is 9.86. The molecular formula is C32H40N6O4. The van der Waals surface area contributed by atoms with Crippen molar-refractivity contribution in [3.63, 3.8) is 0 Å². The molecule has 0 radical (unpaired) electrons. The van der Waals surface area contributed by atoms with Gasteiger partial charge in [-0.2, -0.15) is 0 Å². The Bertz CT molecular complexity index is 1390. The summed E-state index contributed by atoms with van der Waals surface area (Å²) in [5.74, 6) is 1.25. The quantitative estimate of drug-likeness (QED) is 0.241. The van der Waals surface area contributed by atoms with Gasteiger partial charge in [-0.05, 0) is 44.7 Å². The molecule has 10 heteroatoms. The lowest BCUT2D eigenvalue weighted by Gasteiger charge is -2.33. The molecule has 1 amide bonds. The largest absolute Gasteiger partial charge is 0.488 e. The molecule has 1 atom stereocenters. The number of anilines is 2. The predicted octanol–water partition coefficient (Wildman–Crippen LogP) is 4.41. The predicted molar refractivity (Wildman–Crippen MR) is 164 cm³/mol. The summed E-state index contributed by atoms with van der Waals surface area (Å²) in [6, 6.07) is 14.3. The second kappa shape index (κ2) is 14.1. The van der Waals surface area contributed by atoms with E-state index in [1.165, 1.54) is 12.0 Å². The number of nitrogens with zero attached hydrogens (tertiary/aromatic N) is 4. The first kappa shape index (κ1) is 29.3. The van der Waals surface area contributed by atoms with Gasteiger partial charge >= 0.3 is 5.97 Å². The van der Waals surface area contributed by atoms with Crippen molar-refractivity contribution < 1.29 is 19.1 Å². The van der Waals surface area contributed by atoms with Gasteiger partial charge in [0.1, 0.15) is 17.9 Å². The van der Waals surface area contributed by atoms with Gasteiger partial charge < -0.3 is 25.0 Å². The maximum absolute atomic E-state index is 12.8. The van der Waals surface area contributed by atoms with Gasteiger partial charge in [-0.15, -0.1) is 0 Å². The third kappa shape index (κ3) is 7.55. The number of hydrogen-bond acceptors (Lipinski definition) is 9. The lowest BCUT2D eigenvalue weighted by atomic mass is 9.96. The number of carbonyl (C=O) groups is 2. The molecule has 42 heavy (non-hydrogen) atoms. The Labute approximate surface area is 247 Å². The van der Waals surface area contributed by atoms with E-state index < -0.39 is 0 Å². The van der Waals surface area contributed by atoms with Crippen molar-refractivity contribution in [2.75, 3.05) is 56.5 Å². The fourth-order valence-electron chi connectivity index (χ4n) is 5.08. The molecule has 1 aliphatic carbocycles. The zero-order chi connectivity index (χ0) is 29.3. The fourth-order valence-corrected chi connectivity index (χ4v) is 5.08. The number of rotatable bonds is 12. The zero-order valence-electron chi connectivity index (χ0n) is 24.4. The van der Waals surface area contributed by atoms with E-state index in [0.717, 1.165) is 41.0 Å². The molecule has 1 aromatic heterocycles. The number of hydrogen-bond donors (Lipinski definition) is 2. The van der Waals surface area contributed by atoms with Crippen LogP contribution >= 0.6 is 0 Å². The molecule has 0 unspecified atom stereocenters. The van der Waals surface area contributed by atoms with Gasteiger partial charge in [0, 0.05) is 56.3 Å². The van der Waals surface area contributed by atoms with Crippen LogP contribution in [-0.2, 0) is 14.3 Å². The van der Waals surface area contributed by atoms with Crippen LogP contribution in [0.2, 0.25) is 0 Å². The maximum Gasteiger partial charge on any atom is 0.320 e. The summed E-state index contributed by atoms with van der Waals surface area (Å²) in [7, 11) is 0. The Morgan fingerprint density at radius 2 is 1.88 bits per heavy atom. The van der Waals surface area contributed by atoms with Crippen LogP contribution < -0.4 is 15.4 Å². The molecule has 1 aliphatic heterocycles. The maximum atomic E-state index is 12.8. The van der Waals surface area contributed by atoms with E-state index in [1.807, 2.05) is 46.2 Å². The van der Waals surface area contributed by atoms with Gasteiger partial charge in [-0.25, -0.2) is 9.97 Å². The van der Waals surface area contributed by atoms with Crippen molar-refractivity contribution in [2.45, 2.75) is 45.3 Å². The standard InChI is InChI=1S/C32H40N6O4/c1-3-41-31(40)21-37-15-17-38(18-16-37)30(39)13-8-14-33-28-19-26-27(20-29(28)42-25-11-7-12-25)34-22-35-32(26)36-23(2)24-9-5-4-6-10-24/h4-6,8-10,13,19-20,22-23,25,33H,3,7,11-12,14-18,21H2,1-2H3,(H,34,35,36)/t23-/m1/s1. The van der Waals surface area contributed by atoms with Crippen LogP contribution in [0.4, 0.5) is 11.5 Å². The number of esters is 1. The van der Waals surface area contributed by atoms with Crippen LogP contribution in [0.5, 0.6) is 5.75 Å². The fraction of sp³-hybridized carbons (Fsp3) is 0.438. The lowest BCUT2D eigenvalue weighted by Crippen LogP contribution is -2.49. The molecule has 3 aromatic rings. The Morgan fingerprint density at radius 1 is 1.10 bits per heavy atom. The molecule has 5 rings (SSSR count). The number of benzene rings is 2. The minimum Gasteiger partial charge on any atom is -0.488 e. The van der Waals surface area contributed by atoms with Crippen LogP contribution in [0.3, 0.4) is 0 Å². The summed E-state index contributed by atoms with van der Waals surface area (Å²) in [4.78, 5) is 37.4. The molecular weight excluding hydrogens is 532 g/mol. The number of fused-ring (bicyclic) bond motifs is 1. The number of amides is 1. The molecule has 0 spiro atoms. The summed E-state index contributed by atoms with van der Waals surface area (Å²) >= 11 is 0. The van der Waals surface area contributed by atoms with Crippen molar-refractivity contribution in [3.05, 3.63) is 66.5 Å². The smallest absolute Gasteiger partial charge is 0.320 e. The van der Waals surface area contributed by atoms with E-state index in [0.29, 0.717) is 39.3 Å². The Morgan fingerprint density at radius 3 is 2.60 bits per heavy atom. The number of aromatic nitrogens is 2. The number of piperazine rings is 1. The first-order chi connectivity index (χ1) is 20.5. The summed E-state index contributed by atoms with van der Waals surface area (Å²) in [5.41, 5.74) is 2.81. The van der Waals surface area contributed by atoms with Crippen molar-refractivity contribution >= 4 is 34.3 Å². The number of carbonyl (C=O) groups excluding carboxylic acids is 2. The monoisotopic (exact) mass is 572 g/mol. The molecule has 2 aliphatic rings. The van der Waals surface area contributed by atoms with E-state index in [2.05, 4.69) is 39.7 Å². The molecule has 2 fully saturated rings. The van der Waals surface area contributed by atoms with E-state index in [4.69, 9.17) is 9.47 Å². The van der Waals surface area contributed by atoms with E-state index in [9.17, 15) is 9.59 Å². The molecule has 2 N–H and O–H groups in total. The normalized spacial score (nSPS) is 16.7. The van der Waals surface area contributed by atoms with Crippen LogP contribution in [0, 0.1) is 0 Å². The second-order valence-corrected chi connectivity index (χ2v) is 10.7. The highest BCUT2D eigenvalue weighted by molar-refractivity contribution is 5.94. The van der Waals surface area contributed by atoms with Crippen molar-refractivity contribution in [1.82, 2.24) is 19.8 Å². The van der Waals surface area contributed by atoms with Crippen molar-refractivity contribution in [1.29, 1.82) is 0 Å². The van der Waals surface area contributed by atoms with Gasteiger partial charge in [0.15, 0.2) is 0 Å².